The van der Waals surface area contributed by atoms with Gasteiger partial charge in [-0.3, -0.25) is 14.3 Å². The number of methoxy groups -OCH3 is 1. The Kier molecular flexibility index (Phi) is 6.14. The molecule has 6 nitrogen and oxygen atoms in total. The van der Waals surface area contributed by atoms with Gasteiger partial charge in [-0.05, 0) is 31.0 Å². The van der Waals surface area contributed by atoms with Crippen molar-refractivity contribution in [2.75, 3.05) is 13.7 Å². The quantitative estimate of drug-likeness (QED) is 0.594. The number of aryl methyl sites for hydroxylation is 1. The molecule has 0 unspecified atom stereocenters. The second-order valence-electron chi connectivity index (χ2n) is 5.60. The molecule has 1 aromatic carbocycles. The Morgan fingerprint density at radius 1 is 1.25 bits per heavy atom. The van der Waals surface area contributed by atoms with Crippen molar-refractivity contribution in [1.29, 1.82) is 0 Å². The Labute approximate surface area is 140 Å². The highest BCUT2D eigenvalue weighted by Crippen LogP contribution is 2.12. The van der Waals surface area contributed by atoms with Crippen LogP contribution in [0, 0.1) is 6.92 Å². The van der Waals surface area contributed by atoms with Gasteiger partial charge in [-0.2, -0.15) is 0 Å². The number of aromatic amines is 1. The minimum atomic E-state index is -0.425. The van der Waals surface area contributed by atoms with E-state index in [0.29, 0.717) is 31.7 Å². The van der Waals surface area contributed by atoms with Crippen LogP contribution in [0.5, 0.6) is 5.75 Å². The summed E-state index contributed by atoms with van der Waals surface area (Å²) < 4.78 is 12.2. The summed E-state index contributed by atoms with van der Waals surface area (Å²) >= 11 is 0. The Hall–Kier alpha value is -2.60. The Morgan fingerprint density at radius 3 is 2.62 bits per heavy atom. The fourth-order valence-corrected chi connectivity index (χ4v) is 2.18. The van der Waals surface area contributed by atoms with Crippen LogP contribution in [-0.4, -0.2) is 23.3 Å². The van der Waals surface area contributed by atoms with E-state index >= 15 is 0 Å². The average Bonchev–Trinajstić information content (AvgIpc) is 2.57. The van der Waals surface area contributed by atoms with E-state index in [-0.39, 0.29) is 5.56 Å². The van der Waals surface area contributed by atoms with Crippen molar-refractivity contribution in [3.05, 3.63) is 74.6 Å². The van der Waals surface area contributed by atoms with Gasteiger partial charge in [0.15, 0.2) is 0 Å². The summed E-state index contributed by atoms with van der Waals surface area (Å²) in [5.41, 5.74) is 1.64. The van der Waals surface area contributed by atoms with Crippen LogP contribution < -0.4 is 16.0 Å². The molecule has 0 aliphatic heterocycles. The van der Waals surface area contributed by atoms with Gasteiger partial charge >= 0.3 is 5.69 Å². The number of benzene rings is 1. The van der Waals surface area contributed by atoms with Gasteiger partial charge in [-0.1, -0.05) is 24.3 Å². The molecule has 0 spiro atoms. The molecule has 1 aromatic heterocycles. The SMILES string of the molecule is C=C(CCOCc1ccc(OC)cc1)Cn1cc(C)c(=O)[nH]c1=O. The molecule has 128 valence electrons. The largest absolute Gasteiger partial charge is 0.497 e. The van der Waals surface area contributed by atoms with Crippen molar-refractivity contribution in [3.63, 3.8) is 0 Å². The van der Waals surface area contributed by atoms with Gasteiger partial charge in [-0.15, -0.1) is 0 Å². The van der Waals surface area contributed by atoms with Gasteiger partial charge in [0.05, 0.1) is 20.3 Å². The van der Waals surface area contributed by atoms with E-state index < -0.39 is 5.69 Å². The van der Waals surface area contributed by atoms with E-state index in [1.165, 1.54) is 4.57 Å². The van der Waals surface area contributed by atoms with Gasteiger partial charge in [0, 0.05) is 18.3 Å². The number of hydrogen-bond donors (Lipinski definition) is 1. The minimum Gasteiger partial charge on any atom is -0.497 e. The molecule has 2 rings (SSSR count). The van der Waals surface area contributed by atoms with Gasteiger partial charge in [0.2, 0.25) is 0 Å². The molecule has 0 aliphatic carbocycles. The lowest BCUT2D eigenvalue weighted by Gasteiger charge is -2.10. The van der Waals surface area contributed by atoms with Crippen molar-refractivity contribution < 1.29 is 9.47 Å². The molecule has 0 amide bonds. The Bertz CT molecular complexity index is 803. The van der Waals surface area contributed by atoms with Gasteiger partial charge in [0.1, 0.15) is 5.75 Å². The van der Waals surface area contributed by atoms with Crippen molar-refractivity contribution in [3.8, 4) is 5.75 Å². The molecule has 1 heterocycles. The number of nitrogens with one attached hydrogen (secondary N) is 1. The lowest BCUT2D eigenvalue weighted by molar-refractivity contribution is 0.123. The number of H-pyrrole nitrogens is 1. The zero-order chi connectivity index (χ0) is 17.5. The first-order chi connectivity index (χ1) is 11.5. The molecule has 2 aromatic rings. The Morgan fingerprint density at radius 2 is 1.96 bits per heavy atom. The monoisotopic (exact) mass is 330 g/mol. The van der Waals surface area contributed by atoms with Gasteiger partial charge in [-0.25, -0.2) is 4.79 Å². The van der Waals surface area contributed by atoms with Gasteiger partial charge < -0.3 is 9.47 Å². The van der Waals surface area contributed by atoms with Crippen LogP contribution in [-0.2, 0) is 17.9 Å². The summed E-state index contributed by atoms with van der Waals surface area (Å²) in [6.07, 6.45) is 2.19. The number of ether oxygens (including phenoxy) is 2. The molecular weight excluding hydrogens is 308 g/mol. The first kappa shape index (κ1) is 17.7. The maximum Gasteiger partial charge on any atom is 0.328 e. The molecule has 0 fully saturated rings. The van der Waals surface area contributed by atoms with Crippen LogP contribution in [0.2, 0.25) is 0 Å². The van der Waals surface area contributed by atoms with Crippen molar-refractivity contribution >= 4 is 0 Å². The number of hydrogen-bond acceptors (Lipinski definition) is 4. The number of aromatic nitrogens is 2. The normalized spacial score (nSPS) is 10.6. The maximum absolute atomic E-state index is 11.7. The molecule has 6 heteroatoms. The third-order valence-electron chi connectivity index (χ3n) is 3.61. The van der Waals surface area contributed by atoms with Crippen LogP contribution in [0.4, 0.5) is 0 Å². The number of rotatable bonds is 8. The minimum absolute atomic E-state index is 0.357. The first-order valence-electron chi connectivity index (χ1n) is 7.67. The second-order valence-corrected chi connectivity index (χ2v) is 5.60. The Balaban J connectivity index is 1.78. The molecular formula is C18H22N2O4. The lowest BCUT2D eigenvalue weighted by atomic mass is 10.2. The molecule has 1 N–H and O–H groups in total. The fraction of sp³-hybridized carbons (Fsp3) is 0.333. The molecule has 0 atom stereocenters. The van der Waals surface area contributed by atoms with E-state index in [0.717, 1.165) is 16.9 Å². The highest BCUT2D eigenvalue weighted by atomic mass is 16.5. The summed E-state index contributed by atoms with van der Waals surface area (Å²) in [6.45, 7) is 7.01. The van der Waals surface area contributed by atoms with Crippen molar-refractivity contribution in [2.24, 2.45) is 0 Å². The smallest absolute Gasteiger partial charge is 0.328 e. The zero-order valence-corrected chi connectivity index (χ0v) is 14.0. The zero-order valence-electron chi connectivity index (χ0n) is 14.0. The van der Waals surface area contributed by atoms with Crippen LogP contribution in [0.1, 0.15) is 17.5 Å². The van der Waals surface area contributed by atoms with E-state index in [2.05, 4.69) is 11.6 Å². The van der Waals surface area contributed by atoms with Crippen LogP contribution >= 0.6 is 0 Å². The second kappa shape index (κ2) is 8.31. The first-order valence-corrected chi connectivity index (χ1v) is 7.67. The van der Waals surface area contributed by atoms with Crippen LogP contribution in [0.15, 0.2) is 52.2 Å². The molecule has 24 heavy (non-hydrogen) atoms. The predicted molar refractivity (Wildman–Crippen MR) is 92.5 cm³/mol. The molecule has 0 radical (unpaired) electrons. The summed E-state index contributed by atoms with van der Waals surface area (Å²) in [6, 6.07) is 7.69. The third kappa shape index (κ3) is 4.96. The summed E-state index contributed by atoms with van der Waals surface area (Å²) in [5, 5.41) is 0. The van der Waals surface area contributed by atoms with Crippen molar-refractivity contribution in [1.82, 2.24) is 9.55 Å². The topological polar surface area (TPSA) is 73.3 Å². The van der Waals surface area contributed by atoms with E-state index in [9.17, 15) is 9.59 Å². The highest BCUT2D eigenvalue weighted by molar-refractivity contribution is 5.26. The summed E-state index contributed by atoms with van der Waals surface area (Å²) in [4.78, 5) is 25.3. The molecule has 0 aliphatic rings. The predicted octanol–water partition coefficient (Wildman–Crippen LogP) is 2.02. The average molecular weight is 330 g/mol. The lowest BCUT2D eigenvalue weighted by Crippen LogP contribution is -2.31. The van der Waals surface area contributed by atoms with Gasteiger partial charge in [0.25, 0.3) is 5.56 Å². The number of nitrogens with zero attached hydrogens (tertiary/aromatic N) is 1. The third-order valence-corrected chi connectivity index (χ3v) is 3.61. The van der Waals surface area contributed by atoms with E-state index in [4.69, 9.17) is 9.47 Å². The van der Waals surface area contributed by atoms with Crippen LogP contribution in [0.3, 0.4) is 0 Å². The molecule has 0 saturated heterocycles. The molecule has 0 saturated carbocycles. The van der Waals surface area contributed by atoms with E-state index in [1.54, 1.807) is 20.2 Å². The fourth-order valence-electron chi connectivity index (χ4n) is 2.18. The van der Waals surface area contributed by atoms with Crippen LogP contribution in [0.25, 0.3) is 0 Å². The van der Waals surface area contributed by atoms with E-state index in [1.807, 2.05) is 24.3 Å². The summed E-state index contributed by atoms with van der Waals surface area (Å²) in [5.74, 6) is 0.814. The maximum atomic E-state index is 11.7. The van der Waals surface area contributed by atoms with Crippen molar-refractivity contribution in [2.45, 2.75) is 26.5 Å². The molecule has 0 bridgehead atoms. The standard InChI is InChI=1S/C18H22N2O4/c1-13(10-20-11-14(2)17(21)19-18(20)22)8-9-24-12-15-4-6-16(23-3)7-5-15/h4-7,11H,1,8-10,12H2,2-3H3,(H,19,21,22). The highest BCUT2D eigenvalue weighted by Gasteiger charge is 2.03. The summed E-state index contributed by atoms with van der Waals surface area (Å²) in [7, 11) is 1.63.